The van der Waals surface area contributed by atoms with Crippen molar-refractivity contribution in [3.05, 3.63) is 0 Å². The molecule has 0 heterocycles. The summed E-state index contributed by atoms with van der Waals surface area (Å²) in [7, 11) is 1.57. The van der Waals surface area contributed by atoms with Crippen molar-refractivity contribution in [3.63, 3.8) is 0 Å². The first-order valence-electron chi connectivity index (χ1n) is 4.46. The second kappa shape index (κ2) is 8.01. The number of hydrogen-bond acceptors (Lipinski definition) is 4. The highest BCUT2D eigenvalue weighted by molar-refractivity contribution is 5.69. The summed E-state index contributed by atoms with van der Waals surface area (Å²) in [5.41, 5.74) is 0. The van der Waals surface area contributed by atoms with Crippen molar-refractivity contribution in [2.24, 2.45) is 0 Å². The van der Waals surface area contributed by atoms with E-state index in [1.54, 1.807) is 14.0 Å². The molecular weight excluding hydrogens is 172 g/mol. The van der Waals surface area contributed by atoms with Crippen LogP contribution in [-0.4, -0.2) is 39.0 Å². The molecule has 0 spiro atoms. The Hall–Kier alpha value is -0.610. The van der Waals surface area contributed by atoms with Gasteiger partial charge in [-0.3, -0.25) is 4.79 Å². The monoisotopic (exact) mass is 190 g/mol. The Labute approximate surface area is 79.2 Å². The van der Waals surface area contributed by atoms with Gasteiger partial charge in [0.1, 0.15) is 6.10 Å². The van der Waals surface area contributed by atoms with Crippen LogP contribution in [0.3, 0.4) is 0 Å². The predicted molar refractivity (Wildman–Crippen MR) is 48.5 cm³/mol. The van der Waals surface area contributed by atoms with Crippen LogP contribution >= 0.6 is 0 Å². The molecule has 0 aromatic carbocycles. The van der Waals surface area contributed by atoms with E-state index >= 15 is 0 Å². The summed E-state index contributed by atoms with van der Waals surface area (Å²) in [5.74, 6) is -0.238. The van der Waals surface area contributed by atoms with Gasteiger partial charge in [0.05, 0.1) is 19.6 Å². The predicted octanol–water partition coefficient (Wildman–Crippen LogP) is 0.991. The topological polar surface area (TPSA) is 44.8 Å². The van der Waals surface area contributed by atoms with Gasteiger partial charge in [-0.2, -0.15) is 0 Å². The third-order valence-electron chi connectivity index (χ3n) is 1.39. The fraction of sp³-hybridized carbons (Fsp3) is 0.889. The summed E-state index contributed by atoms with van der Waals surface area (Å²) < 4.78 is 14.8. The molecule has 0 radical (unpaired) electrons. The summed E-state index contributed by atoms with van der Waals surface area (Å²) >= 11 is 0. The average molecular weight is 190 g/mol. The highest BCUT2D eigenvalue weighted by Gasteiger charge is 2.08. The zero-order valence-electron chi connectivity index (χ0n) is 8.54. The van der Waals surface area contributed by atoms with Crippen molar-refractivity contribution < 1.29 is 19.0 Å². The normalized spacial score (nSPS) is 12.5. The fourth-order valence-corrected chi connectivity index (χ4v) is 0.852. The lowest BCUT2D eigenvalue weighted by Crippen LogP contribution is -2.20. The van der Waals surface area contributed by atoms with Crippen LogP contribution in [0.2, 0.25) is 0 Å². The molecule has 0 N–H and O–H groups in total. The van der Waals surface area contributed by atoms with Gasteiger partial charge in [0.2, 0.25) is 0 Å². The van der Waals surface area contributed by atoms with E-state index in [4.69, 9.17) is 14.2 Å². The van der Waals surface area contributed by atoms with E-state index in [0.29, 0.717) is 26.2 Å². The SMILES string of the molecule is CCOCCC(=O)OC(C)COC. The molecule has 1 unspecified atom stereocenters. The number of esters is 1. The molecule has 0 aliphatic rings. The molecule has 0 bridgehead atoms. The Morgan fingerprint density at radius 3 is 2.69 bits per heavy atom. The van der Waals surface area contributed by atoms with Crippen LogP contribution in [0, 0.1) is 0 Å². The Balaban J connectivity index is 3.38. The highest BCUT2D eigenvalue weighted by Crippen LogP contribution is 1.95. The maximum atomic E-state index is 11.0. The minimum Gasteiger partial charge on any atom is -0.460 e. The molecule has 1 atom stereocenters. The molecule has 0 fully saturated rings. The molecule has 4 nitrogen and oxygen atoms in total. The van der Waals surface area contributed by atoms with Gasteiger partial charge in [-0.15, -0.1) is 0 Å². The van der Waals surface area contributed by atoms with Crippen LogP contribution in [0.5, 0.6) is 0 Å². The number of rotatable bonds is 7. The Morgan fingerprint density at radius 2 is 2.15 bits per heavy atom. The maximum Gasteiger partial charge on any atom is 0.308 e. The molecular formula is C9H18O4. The smallest absolute Gasteiger partial charge is 0.308 e. The van der Waals surface area contributed by atoms with E-state index in [-0.39, 0.29) is 12.1 Å². The molecule has 0 aromatic rings. The number of carbonyl (C=O) groups excluding carboxylic acids is 1. The molecule has 0 saturated carbocycles. The average Bonchev–Trinajstić information content (AvgIpc) is 2.05. The third-order valence-corrected chi connectivity index (χ3v) is 1.39. The summed E-state index contributed by atoms with van der Waals surface area (Å²) in [4.78, 5) is 11.0. The molecule has 0 aliphatic carbocycles. The third kappa shape index (κ3) is 7.74. The molecule has 0 aromatic heterocycles. The van der Waals surface area contributed by atoms with Crippen molar-refractivity contribution in [2.75, 3.05) is 26.9 Å². The standard InChI is InChI=1S/C9H18O4/c1-4-12-6-5-9(10)13-8(2)7-11-3/h8H,4-7H2,1-3H3. The summed E-state index contributed by atoms with van der Waals surface area (Å²) in [6, 6.07) is 0. The zero-order chi connectivity index (χ0) is 10.1. The Bertz CT molecular complexity index is 136. The summed E-state index contributed by atoms with van der Waals surface area (Å²) in [6.45, 7) is 5.16. The van der Waals surface area contributed by atoms with Gasteiger partial charge in [0.25, 0.3) is 0 Å². The first kappa shape index (κ1) is 12.4. The molecule has 0 amide bonds. The van der Waals surface area contributed by atoms with Gasteiger partial charge >= 0.3 is 5.97 Å². The van der Waals surface area contributed by atoms with Gasteiger partial charge in [0, 0.05) is 13.7 Å². The quantitative estimate of drug-likeness (QED) is 0.443. The zero-order valence-corrected chi connectivity index (χ0v) is 8.54. The molecule has 0 rings (SSSR count). The van der Waals surface area contributed by atoms with E-state index in [2.05, 4.69) is 0 Å². The molecule has 4 heteroatoms. The van der Waals surface area contributed by atoms with Crippen molar-refractivity contribution >= 4 is 5.97 Å². The Kier molecular flexibility index (Phi) is 7.63. The van der Waals surface area contributed by atoms with Crippen LogP contribution < -0.4 is 0 Å². The van der Waals surface area contributed by atoms with E-state index < -0.39 is 0 Å². The number of methoxy groups -OCH3 is 1. The summed E-state index contributed by atoms with van der Waals surface area (Å²) in [5, 5.41) is 0. The number of ether oxygens (including phenoxy) is 3. The van der Waals surface area contributed by atoms with Crippen LogP contribution in [0.4, 0.5) is 0 Å². The van der Waals surface area contributed by atoms with E-state index in [0.717, 1.165) is 0 Å². The minimum absolute atomic E-state index is 0.181. The lowest BCUT2D eigenvalue weighted by atomic mass is 10.4. The van der Waals surface area contributed by atoms with Crippen LogP contribution in [0.15, 0.2) is 0 Å². The van der Waals surface area contributed by atoms with Gasteiger partial charge in [-0.1, -0.05) is 0 Å². The van der Waals surface area contributed by atoms with E-state index in [9.17, 15) is 4.79 Å². The largest absolute Gasteiger partial charge is 0.460 e. The van der Waals surface area contributed by atoms with Crippen molar-refractivity contribution in [1.82, 2.24) is 0 Å². The van der Waals surface area contributed by atoms with Gasteiger partial charge in [-0.05, 0) is 13.8 Å². The minimum atomic E-state index is -0.238. The van der Waals surface area contributed by atoms with Crippen molar-refractivity contribution in [1.29, 1.82) is 0 Å². The van der Waals surface area contributed by atoms with E-state index in [1.165, 1.54) is 0 Å². The second-order valence-corrected chi connectivity index (χ2v) is 2.70. The summed E-state index contributed by atoms with van der Waals surface area (Å²) in [6.07, 6.45) is 0.126. The first-order chi connectivity index (χ1) is 6.20. The number of hydrogen-bond donors (Lipinski definition) is 0. The molecule has 13 heavy (non-hydrogen) atoms. The maximum absolute atomic E-state index is 11.0. The second-order valence-electron chi connectivity index (χ2n) is 2.70. The van der Waals surface area contributed by atoms with E-state index in [1.807, 2.05) is 6.92 Å². The van der Waals surface area contributed by atoms with Crippen molar-refractivity contribution in [2.45, 2.75) is 26.4 Å². The van der Waals surface area contributed by atoms with Gasteiger partial charge in [-0.25, -0.2) is 0 Å². The highest BCUT2D eigenvalue weighted by atomic mass is 16.6. The lowest BCUT2D eigenvalue weighted by molar-refractivity contribution is -0.151. The molecule has 0 saturated heterocycles. The van der Waals surface area contributed by atoms with Gasteiger partial charge in [0.15, 0.2) is 0 Å². The van der Waals surface area contributed by atoms with Crippen LogP contribution in [0.1, 0.15) is 20.3 Å². The Morgan fingerprint density at radius 1 is 1.46 bits per heavy atom. The fourth-order valence-electron chi connectivity index (χ4n) is 0.852. The van der Waals surface area contributed by atoms with Gasteiger partial charge < -0.3 is 14.2 Å². The number of carbonyl (C=O) groups is 1. The lowest BCUT2D eigenvalue weighted by Gasteiger charge is -2.11. The van der Waals surface area contributed by atoms with Crippen LogP contribution in [-0.2, 0) is 19.0 Å². The van der Waals surface area contributed by atoms with Crippen LogP contribution in [0.25, 0.3) is 0 Å². The van der Waals surface area contributed by atoms with Crippen molar-refractivity contribution in [3.8, 4) is 0 Å². The molecule has 78 valence electrons. The first-order valence-corrected chi connectivity index (χ1v) is 4.46. The molecule has 0 aliphatic heterocycles.